The monoisotopic (exact) mass is 448 g/mol. The van der Waals surface area contributed by atoms with Crippen molar-refractivity contribution in [2.75, 3.05) is 44.2 Å². The highest BCUT2D eigenvalue weighted by molar-refractivity contribution is 5.95. The number of urea groups is 1. The fraction of sp³-hybridized carbons (Fsp3) is 0.385. The molecule has 0 radical (unpaired) electrons. The molecule has 0 spiro atoms. The van der Waals surface area contributed by atoms with Crippen LogP contribution in [0, 0.1) is 13.8 Å². The van der Waals surface area contributed by atoms with E-state index in [4.69, 9.17) is 4.74 Å². The van der Waals surface area contributed by atoms with Crippen LogP contribution in [0.15, 0.2) is 59.8 Å². The SMILES string of the molecule is CCOC(=O)C1=C(CN2CCN(c3cccc(C)c3C)CC2)NC(=O)N[C@@H]1c1ccccc1. The van der Waals surface area contributed by atoms with Crippen molar-refractivity contribution in [2.24, 2.45) is 0 Å². The lowest BCUT2D eigenvalue weighted by Gasteiger charge is -2.38. The van der Waals surface area contributed by atoms with Gasteiger partial charge >= 0.3 is 12.0 Å². The number of rotatable bonds is 6. The quantitative estimate of drug-likeness (QED) is 0.664. The summed E-state index contributed by atoms with van der Waals surface area (Å²) in [6.07, 6.45) is 0. The van der Waals surface area contributed by atoms with Crippen LogP contribution in [0.25, 0.3) is 0 Å². The number of nitrogens with zero attached hydrogens (tertiary/aromatic N) is 2. The molecule has 2 aromatic rings. The largest absolute Gasteiger partial charge is 0.463 e. The first-order valence-electron chi connectivity index (χ1n) is 11.5. The van der Waals surface area contributed by atoms with Gasteiger partial charge in [0.2, 0.25) is 0 Å². The first-order valence-corrected chi connectivity index (χ1v) is 11.5. The minimum atomic E-state index is -0.537. The number of aryl methyl sites for hydroxylation is 1. The molecule has 4 rings (SSSR count). The first kappa shape index (κ1) is 22.9. The van der Waals surface area contributed by atoms with E-state index in [1.807, 2.05) is 30.3 Å². The summed E-state index contributed by atoms with van der Waals surface area (Å²) < 4.78 is 5.37. The predicted molar refractivity (Wildman–Crippen MR) is 129 cm³/mol. The van der Waals surface area contributed by atoms with Crippen molar-refractivity contribution in [1.29, 1.82) is 0 Å². The van der Waals surface area contributed by atoms with Crippen LogP contribution >= 0.6 is 0 Å². The van der Waals surface area contributed by atoms with Gasteiger partial charge < -0.3 is 20.3 Å². The highest BCUT2D eigenvalue weighted by atomic mass is 16.5. The summed E-state index contributed by atoms with van der Waals surface area (Å²) in [6, 6.07) is 15.1. The first-order chi connectivity index (χ1) is 16.0. The lowest BCUT2D eigenvalue weighted by Crippen LogP contribution is -2.52. The van der Waals surface area contributed by atoms with Gasteiger partial charge in [-0.15, -0.1) is 0 Å². The normalized spacial score (nSPS) is 19.2. The molecule has 2 heterocycles. The topological polar surface area (TPSA) is 73.9 Å². The molecular formula is C26H32N4O3. The van der Waals surface area contributed by atoms with Gasteiger partial charge in [-0.25, -0.2) is 9.59 Å². The van der Waals surface area contributed by atoms with Gasteiger partial charge in [-0.05, 0) is 43.5 Å². The Bertz CT molecular complexity index is 1040. The Kier molecular flexibility index (Phi) is 6.99. The van der Waals surface area contributed by atoms with Gasteiger partial charge in [-0.1, -0.05) is 42.5 Å². The maximum absolute atomic E-state index is 12.9. The fourth-order valence-corrected chi connectivity index (χ4v) is 4.54. The molecule has 33 heavy (non-hydrogen) atoms. The second-order valence-corrected chi connectivity index (χ2v) is 8.54. The van der Waals surface area contributed by atoms with E-state index in [0.717, 1.165) is 31.7 Å². The summed E-state index contributed by atoms with van der Waals surface area (Å²) in [4.78, 5) is 30.1. The molecular weight excluding hydrogens is 416 g/mol. The molecule has 0 bridgehead atoms. The number of carbonyl (C=O) groups excluding carboxylic acids is 2. The van der Waals surface area contributed by atoms with E-state index in [-0.39, 0.29) is 12.6 Å². The van der Waals surface area contributed by atoms with E-state index in [1.54, 1.807) is 6.92 Å². The van der Waals surface area contributed by atoms with Crippen molar-refractivity contribution in [3.63, 3.8) is 0 Å². The second kappa shape index (κ2) is 10.1. The second-order valence-electron chi connectivity index (χ2n) is 8.54. The van der Waals surface area contributed by atoms with Gasteiger partial charge in [-0.2, -0.15) is 0 Å². The van der Waals surface area contributed by atoms with Gasteiger partial charge in [0.15, 0.2) is 0 Å². The van der Waals surface area contributed by atoms with Crippen LogP contribution in [-0.2, 0) is 9.53 Å². The third-order valence-electron chi connectivity index (χ3n) is 6.45. The zero-order valence-corrected chi connectivity index (χ0v) is 19.6. The number of hydrogen-bond acceptors (Lipinski definition) is 5. The molecule has 0 unspecified atom stereocenters. The molecule has 7 heteroatoms. The molecule has 7 nitrogen and oxygen atoms in total. The number of ether oxygens (including phenoxy) is 1. The van der Waals surface area contributed by atoms with Crippen LogP contribution in [0.5, 0.6) is 0 Å². The van der Waals surface area contributed by atoms with Crippen molar-refractivity contribution in [2.45, 2.75) is 26.8 Å². The smallest absolute Gasteiger partial charge is 0.338 e. The number of esters is 1. The minimum absolute atomic E-state index is 0.277. The Morgan fingerprint density at radius 3 is 2.45 bits per heavy atom. The van der Waals surface area contributed by atoms with Crippen LogP contribution in [0.1, 0.15) is 29.7 Å². The van der Waals surface area contributed by atoms with E-state index in [9.17, 15) is 9.59 Å². The summed E-state index contributed by atoms with van der Waals surface area (Å²) in [5.41, 5.74) is 5.83. The van der Waals surface area contributed by atoms with Gasteiger partial charge in [0.25, 0.3) is 0 Å². The summed E-state index contributed by atoms with van der Waals surface area (Å²) in [5.74, 6) is -0.400. The molecule has 1 atom stereocenters. The zero-order valence-electron chi connectivity index (χ0n) is 19.6. The molecule has 1 fully saturated rings. The van der Waals surface area contributed by atoms with Crippen molar-refractivity contribution in [3.8, 4) is 0 Å². The Hall–Kier alpha value is -3.32. The van der Waals surface area contributed by atoms with Gasteiger partial charge in [0, 0.05) is 44.1 Å². The standard InChI is InChI=1S/C26H32N4O3/c1-4-33-25(31)23-21(27-26(32)28-24(23)20-10-6-5-7-11-20)17-29-13-15-30(16-14-29)22-12-8-9-18(2)19(22)3/h5-12,24H,4,13-17H2,1-3H3,(H2,27,28,32)/t24-/m1/s1. The van der Waals surface area contributed by atoms with E-state index >= 15 is 0 Å². The van der Waals surface area contributed by atoms with E-state index in [2.05, 4.69) is 52.5 Å². The average molecular weight is 449 g/mol. The lowest BCUT2D eigenvalue weighted by molar-refractivity contribution is -0.139. The fourth-order valence-electron chi connectivity index (χ4n) is 4.54. The molecule has 1 saturated heterocycles. The van der Waals surface area contributed by atoms with Gasteiger partial charge in [0.1, 0.15) is 0 Å². The Balaban J connectivity index is 1.55. The predicted octanol–water partition coefficient (Wildman–Crippen LogP) is 3.30. The number of hydrogen-bond donors (Lipinski definition) is 2. The maximum atomic E-state index is 12.9. The summed E-state index contributed by atoms with van der Waals surface area (Å²) in [7, 11) is 0. The molecule has 0 aliphatic carbocycles. The summed E-state index contributed by atoms with van der Waals surface area (Å²) in [5, 5.41) is 5.78. The molecule has 2 aromatic carbocycles. The third kappa shape index (κ3) is 5.03. The number of anilines is 1. The highest BCUT2D eigenvalue weighted by Crippen LogP contribution is 2.29. The Morgan fingerprint density at radius 2 is 1.76 bits per heavy atom. The molecule has 2 amide bonds. The van der Waals surface area contributed by atoms with Crippen LogP contribution in [0.2, 0.25) is 0 Å². The van der Waals surface area contributed by atoms with Crippen molar-refractivity contribution in [3.05, 3.63) is 76.5 Å². The van der Waals surface area contributed by atoms with E-state index in [1.165, 1.54) is 16.8 Å². The molecule has 2 aliphatic heterocycles. The third-order valence-corrected chi connectivity index (χ3v) is 6.45. The summed E-state index contributed by atoms with van der Waals surface area (Å²) >= 11 is 0. The molecule has 174 valence electrons. The molecule has 2 aliphatic rings. The van der Waals surface area contributed by atoms with Crippen LogP contribution in [0.3, 0.4) is 0 Å². The molecule has 2 N–H and O–H groups in total. The van der Waals surface area contributed by atoms with Crippen molar-refractivity contribution < 1.29 is 14.3 Å². The van der Waals surface area contributed by atoms with Gasteiger partial charge in [-0.3, -0.25) is 4.90 Å². The van der Waals surface area contributed by atoms with E-state index in [0.29, 0.717) is 17.8 Å². The minimum Gasteiger partial charge on any atom is -0.463 e. The van der Waals surface area contributed by atoms with Crippen LogP contribution in [-0.4, -0.2) is 56.2 Å². The Morgan fingerprint density at radius 1 is 1.03 bits per heavy atom. The summed E-state index contributed by atoms with van der Waals surface area (Å²) in [6.45, 7) is 10.3. The zero-order chi connectivity index (χ0) is 23.4. The Labute approximate surface area is 195 Å². The molecule has 0 aromatic heterocycles. The van der Waals surface area contributed by atoms with Crippen molar-refractivity contribution in [1.82, 2.24) is 15.5 Å². The number of nitrogens with one attached hydrogen (secondary N) is 2. The maximum Gasteiger partial charge on any atom is 0.338 e. The number of benzene rings is 2. The average Bonchev–Trinajstić information content (AvgIpc) is 2.82. The number of piperazine rings is 1. The lowest BCUT2D eigenvalue weighted by atomic mass is 9.95. The van der Waals surface area contributed by atoms with Crippen molar-refractivity contribution >= 4 is 17.7 Å². The number of amides is 2. The van der Waals surface area contributed by atoms with Crippen LogP contribution in [0.4, 0.5) is 10.5 Å². The van der Waals surface area contributed by atoms with E-state index < -0.39 is 12.0 Å². The number of carbonyl (C=O) groups is 2. The van der Waals surface area contributed by atoms with Crippen LogP contribution < -0.4 is 15.5 Å². The van der Waals surface area contributed by atoms with Gasteiger partial charge in [0.05, 0.1) is 18.2 Å². The molecule has 0 saturated carbocycles. The highest BCUT2D eigenvalue weighted by Gasteiger charge is 2.34.